The molecule has 0 aromatic rings. The average molecular weight is 207 g/mol. The first kappa shape index (κ1) is 10.9. The van der Waals surface area contributed by atoms with Gasteiger partial charge in [0, 0.05) is 13.2 Å². The largest absolute Gasteiger partial charge is 0.373 e. The van der Waals surface area contributed by atoms with Gasteiger partial charge >= 0.3 is 0 Å². The third kappa shape index (κ3) is 1.73. The Hall–Kier alpha value is -0.130. The van der Waals surface area contributed by atoms with Gasteiger partial charge in [-0.25, -0.2) is 8.42 Å². The first-order valence-electron chi connectivity index (χ1n) is 4.54. The third-order valence-electron chi connectivity index (χ3n) is 2.87. The third-order valence-corrected chi connectivity index (χ3v) is 5.15. The molecule has 0 aromatic heterocycles. The molecule has 1 heterocycles. The van der Waals surface area contributed by atoms with Gasteiger partial charge in [0.2, 0.25) is 0 Å². The summed E-state index contributed by atoms with van der Waals surface area (Å²) < 4.78 is 28.4. The zero-order valence-electron chi connectivity index (χ0n) is 8.12. The Bertz CT molecular complexity index is 275. The standard InChI is InChI=1S/C8H17NO3S/c1-3-12-8(6-9)4-5-13(10,11)7(8)2/h7H,3-6,9H2,1-2H3. The van der Waals surface area contributed by atoms with Crippen LogP contribution in [-0.2, 0) is 14.6 Å². The van der Waals surface area contributed by atoms with E-state index >= 15 is 0 Å². The van der Waals surface area contributed by atoms with Crippen LogP contribution in [0.3, 0.4) is 0 Å². The SMILES string of the molecule is CCOC1(CN)CCS(=O)(=O)C1C. The van der Waals surface area contributed by atoms with Gasteiger partial charge in [0.05, 0.1) is 16.6 Å². The van der Waals surface area contributed by atoms with Crippen molar-refractivity contribution in [3.05, 3.63) is 0 Å². The Labute approximate surface area is 79.4 Å². The molecule has 1 rings (SSSR count). The first-order chi connectivity index (χ1) is 5.98. The van der Waals surface area contributed by atoms with Gasteiger partial charge in [-0.15, -0.1) is 0 Å². The molecular formula is C8H17NO3S. The van der Waals surface area contributed by atoms with E-state index in [0.29, 0.717) is 13.0 Å². The zero-order chi connectivity index (χ0) is 10.1. The van der Waals surface area contributed by atoms with E-state index < -0.39 is 20.7 Å². The lowest BCUT2D eigenvalue weighted by molar-refractivity contribution is -0.0280. The molecule has 1 saturated heterocycles. The molecule has 2 N–H and O–H groups in total. The van der Waals surface area contributed by atoms with E-state index in [4.69, 9.17) is 10.5 Å². The van der Waals surface area contributed by atoms with Crippen LogP contribution >= 0.6 is 0 Å². The maximum atomic E-state index is 11.5. The van der Waals surface area contributed by atoms with Crippen LogP contribution in [0.5, 0.6) is 0 Å². The molecule has 13 heavy (non-hydrogen) atoms. The van der Waals surface area contributed by atoms with Crippen molar-refractivity contribution in [1.82, 2.24) is 0 Å². The highest BCUT2D eigenvalue weighted by Crippen LogP contribution is 2.33. The molecule has 0 aliphatic carbocycles. The summed E-state index contributed by atoms with van der Waals surface area (Å²) in [6.45, 7) is 4.33. The van der Waals surface area contributed by atoms with Crippen molar-refractivity contribution in [2.75, 3.05) is 18.9 Å². The molecule has 0 amide bonds. The van der Waals surface area contributed by atoms with E-state index in [1.165, 1.54) is 0 Å². The summed E-state index contributed by atoms with van der Waals surface area (Å²) in [7, 11) is -2.97. The maximum absolute atomic E-state index is 11.5. The second kappa shape index (κ2) is 3.55. The van der Waals surface area contributed by atoms with Crippen LogP contribution < -0.4 is 5.73 Å². The van der Waals surface area contributed by atoms with Gasteiger partial charge in [0.25, 0.3) is 0 Å². The number of ether oxygens (including phenoxy) is 1. The average Bonchev–Trinajstić information content (AvgIpc) is 2.31. The van der Waals surface area contributed by atoms with Crippen molar-refractivity contribution < 1.29 is 13.2 Å². The summed E-state index contributed by atoms with van der Waals surface area (Å²) in [6, 6.07) is 0. The molecule has 2 atom stereocenters. The van der Waals surface area contributed by atoms with E-state index in [2.05, 4.69) is 0 Å². The summed E-state index contributed by atoms with van der Waals surface area (Å²) in [5.41, 5.74) is 4.95. The van der Waals surface area contributed by atoms with E-state index in [0.717, 1.165) is 0 Å². The summed E-state index contributed by atoms with van der Waals surface area (Å²) in [5.74, 6) is 0.200. The Morgan fingerprint density at radius 2 is 2.23 bits per heavy atom. The Morgan fingerprint density at radius 1 is 1.62 bits per heavy atom. The van der Waals surface area contributed by atoms with Crippen molar-refractivity contribution in [3.8, 4) is 0 Å². The molecule has 4 nitrogen and oxygen atoms in total. The lowest BCUT2D eigenvalue weighted by atomic mass is 9.97. The van der Waals surface area contributed by atoms with Crippen LogP contribution in [0.1, 0.15) is 20.3 Å². The van der Waals surface area contributed by atoms with Crippen LogP contribution in [0.2, 0.25) is 0 Å². The van der Waals surface area contributed by atoms with Crippen LogP contribution in [0.25, 0.3) is 0 Å². The Kier molecular flexibility index (Phi) is 2.99. The van der Waals surface area contributed by atoms with Crippen LogP contribution in [0.15, 0.2) is 0 Å². The van der Waals surface area contributed by atoms with Gasteiger partial charge in [-0.05, 0) is 20.3 Å². The lowest BCUT2D eigenvalue weighted by Crippen LogP contribution is -2.47. The normalized spacial score (nSPS) is 37.9. The van der Waals surface area contributed by atoms with Crippen molar-refractivity contribution in [2.45, 2.75) is 31.1 Å². The highest BCUT2D eigenvalue weighted by molar-refractivity contribution is 7.92. The molecule has 2 unspecified atom stereocenters. The second-order valence-corrected chi connectivity index (χ2v) is 5.90. The molecule has 78 valence electrons. The Morgan fingerprint density at radius 3 is 2.54 bits per heavy atom. The Balaban J connectivity index is 2.92. The molecule has 0 radical (unpaired) electrons. The van der Waals surface area contributed by atoms with Crippen molar-refractivity contribution in [1.29, 1.82) is 0 Å². The van der Waals surface area contributed by atoms with Gasteiger partial charge in [-0.2, -0.15) is 0 Å². The van der Waals surface area contributed by atoms with Gasteiger partial charge in [-0.1, -0.05) is 0 Å². The monoisotopic (exact) mass is 207 g/mol. The minimum atomic E-state index is -2.97. The van der Waals surface area contributed by atoms with Crippen LogP contribution in [0.4, 0.5) is 0 Å². The molecular weight excluding hydrogens is 190 g/mol. The summed E-state index contributed by atoms with van der Waals surface area (Å²) in [4.78, 5) is 0. The van der Waals surface area contributed by atoms with Gasteiger partial charge in [0.15, 0.2) is 9.84 Å². The minimum Gasteiger partial charge on any atom is -0.373 e. The maximum Gasteiger partial charge on any atom is 0.155 e. The summed E-state index contributed by atoms with van der Waals surface area (Å²) in [6.07, 6.45) is 0.529. The topological polar surface area (TPSA) is 69.4 Å². The van der Waals surface area contributed by atoms with Crippen molar-refractivity contribution in [2.24, 2.45) is 5.73 Å². The van der Waals surface area contributed by atoms with E-state index in [-0.39, 0.29) is 12.3 Å². The molecule has 1 aliphatic rings. The van der Waals surface area contributed by atoms with Gasteiger partial charge < -0.3 is 10.5 Å². The lowest BCUT2D eigenvalue weighted by Gasteiger charge is -2.30. The van der Waals surface area contributed by atoms with E-state index in [1.54, 1.807) is 6.92 Å². The van der Waals surface area contributed by atoms with Crippen molar-refractivity contribution >= 4 is 9.84 Å². The van der Waals surface area contributed by atoms with Gasteiger partial charge in [-0.3, -0.25) is 0 Å². The minimum absolute atomic E-state index is 0.200. The fraction of sp³-hybridized carbons (Fsp3) is 1.00. The zero-order valence-corrected chi connectivity index (χ0v) is 8.93. The molecule has 0 bridgehead atoms. The summed E-state index contributed by atoms with van der Waals surface area (Å²) >= 11 is 0. The van der Waals surface area contributed by atoms with E-state index in [1.807, 2.05) is 6.92 Å². The highest BCUT2D eigenvalue weighted by Gasteiger charge is 2.49. The van der Waals surface area contributed by atoms with Crippen LogP contribution in [0, 0.1) is 0 Å². The molecule has 0 saturated carbocycles. The molecule has 0 aromatic carbocycles. The summed E-state index contributed by atoms with van der Waals surface area (Å²) in [5, 5.41) is -0.468. The fourth-order valence-corrected chi connectivity index (χ4v) is 3.75. The number of hydrogen-bond donors (Lipinski definition) is 1. The number of hydrogen-bond acceptors (Lipinski definition) is 4. The first-order valence-corrected chi connectivity index (χ1v) is 6.25. The van der Waals surface area contributed by atoms with Crippen LogP contribution in [-0.4, -0.2) is 38.2 Å². The van der Waals surface area contributed by atoms with Gasteiger partial charge in [0.1, 0.15) is 0 Å². The molecule has 1 fully saturated rings. The number of sulfone groups is 1. The number of nitrogens with two attached hydrogens (primary N) is 1. The molecule has 1 aliphatic heterocycles. The fourth-order valence-electron chi connectivity index (χ4n) is 1.83. The second-order valence-electron chi connectivity index (χ2n) is 3.46. The smallest absolute Gasteiger partial charge is 0.155 e. The highest BCUT2D eigenvalue weighted by atomic mass is 32.2. The number of rotatable bonds is 3. The predicted octanol–water partition coefficient (Wildman–Crippen LogP) is -0.0726. The quantitative estimate of drug-likeness (QED) is 0.703. The molecule has 0 spiro atoms. The van der Waals surface area contributed by atoms with E-state index in [9.17, 15) is 8.42 Å². The molecule has 5 heteroatoms. The van der Waals surface area contributed by atoms with Crippen molar-refractivity contribution in [3.63, 3.8) is 0 Å². The predicted molar refractivity (Wildman–Crippen MR) is 51.3 cm³/mol.